The van der Waals surface area contributed by atoms with E-state index in [-0.39, 0.29) is 31.8 Å². The molecular weight excluding hydrogens is 371 g/mol. The molecule has 26 heavy (non-hydrogen) atoms. The first kappa shape index (κ1) is 20.7. The number of halogens is 3. The van der Waals surface area contributed by atoms with Crippen molar-refractivity contribution in [1.82, 2.24) is 9.21 Å². The molecule has 1 aliphatic heterocycles. The van der Waals surface area contributed by atoms with E-state index in [0.717, 1.165) is 11.8 Å². The van der Waals surface area contributed by atoms with Crippen molar-refractivity contribution in [3.05, 3.63) is 35.4 Å². The Morgan fingerprint density at radius 2 is 1.77 bits per heavy atom. The number of carbonyl (C=O) groups is 1. The van der Waals surface area contributed by atoms with Crippen molar-refractivity contribution in [3.63, 3.8) is 0 Å². The zero-order chi connectivity index (χ0) is 19.5. The van der Waals surface area contributed by atoms with E-state index in [0.29, 0.717) is 16.4 Å². The van der Waals surface area contributed by atoms with E-state index in [1.165, 1.54) is 4.90 Å². The van der Waals surface area contributed by atoms with Crippen LogP contribution in [0.3, 0.4) is 0 Å². The fourth-order valence-electron chi connectivity index (χ4n) is 3.02. The van der Waals surface area contributed by atoms with Gasteiger partial charge in [0, 0.05) is 31.2 Å². The number of nitrogens with zero attached hydrogens (tertiary/aromatic N) is 2. The molecule has 0 radical (unpaired) electrons. The Labute approximate surface area is 150 Å². The Hall–Kier alpha value is -1.65. The molecule has 0 spiro atoms. The maximum absolute atomic E-state index is 12.7. The molecule has 0 atom stereocenters. The van der Waals surface area contributed by atoms with Crippen LogP contribution in [-0.2, 0) is 16.6 Å². The SMILES string of the molecule is CS(=O)(=O)N(CC(F)(F)F)C1CCN(C(=O)c2ccc(CN)cc2)CC1. The molecule has 1 amide bonds. The van der Waals surface area contributed by atoms with Gasteiger partial charge in [-0.05, 0) is 30.5 Å². The summed E-state index contributed by atoms with van der Waals surface area (Å²) in [7, 11) is -4.00. The number of sulfonamides is 1. The third kappa shape index (κ3) is 5.42. The number of piperidine rings is 1. The molecule has 0 saturated carbocycles. The molecule has 1 aromatic carbocycles. The molecular formula is C16H22F3N3O3S. The van der Waals surface area contributed by atoms with E-state index in [1.54, 1.807) is 24.3 Å². The van der Waals surface area contributed by atoms with Gasteiger partial charge in [0.05, 0.1) is 6.26 Å². The van der Waals surface area contributed by atoms with E-state index >= 15 is 0 Å². The number of alkyl halides is 3. The van der Waals surface area contributed by atoms with E-state index in [2.05, 4.69) is 0 Å². The van der Waals surface area contributed by atoms with Crippen molar-refractivity contribution in [2.45, 2.75) is 31.6 Å². The zero-order valence-corrected chi connectivity index (χ0v) is 15.2. The van der Waals surface area contributed by atoms with Crippen LogP contribution in [0.25, 0.3) is 0 Å². The van der Waals surface area contributed by atoms with E-state index < -0.39 is 28.8 Å². The van der Waals surface area contributed by atoms with Gasteiger partial charge in [0.1, 0.15) is 6.54 Å². The molecule has 1 heterocycles. The van der Waals surface area contributed by atoms with Crippen LogP contribution >= 0.6 is 0 Å². The first-order valence-corrected chi connectivity index (χ1v) is 9.98. The second-order valence-corrected chi connectivity index (χ2v) is 8.28. The lowest BCUT2D eigenvalue weighted by molar-refractivity contribution is -0.140. The number of hydrogen-bond acceptors (Lipinski definition) is 4. The fourth-order valence-corrected chi connectivity index (χ4v) is 4.15. The molecule has 0 aromatic heterocycles. The largest absolute Gasteiger partial charge is 0.402 e. The van der Waals surface area contributed by atoms with E-state index in [9.17, 15) is 26.4 Å². The molecule has 2 N–H and O–H groups in total. The Morgan fingerprint density at radius 3 is 2.19 bits per heavy atom. The minimum atomic E-state index is -4.61. The van der Waals surface area contributed by atoms with Gasteiger partial charge in [-0.3, -0.25) is 4.79 Å². The normalized spacial score (nSPS) is 16.9. The van der Waals surface area contributed by atoms with Crippen LogP contribution in [0.4, 0.5) is 13.2 Å². The first-order valence-electron chi connectivity index (χ1n) is 8.13. The summed E-state index contributed by atoms with van der Waals surface area (Å²) in [6.45, 7) is -0.747. The van der Waals surface area contributed by atoms with Gasteiger partial charge in [-0.1, -0.05) is 12.1 Å². The topological polar surface area (TPSA) is 83.7 Å². The Balaban J connectivity index is 2.03. The molecule has 10 heteroatoms. The van der Waals surface area contributed by atoms with Gasteiger partial charge in [-0.25, -0.2) is 8.42 Å². The minimum Gasteiger partial charge on any atom is -0.339 e. The highest BCUT2D eigenvalue weighted by molar-refractivity contribution is 7.88. The fraction of sp³-hybridized carbons (Fsp3) is 0.562. The number of nitrogens with two attached hydrogens (primary N) is 1. The molecule has 2 rings (SSSR count). The van der Waals surface area contributed by atoms with Crippen LogP contribution in [0.1, 0.15) is 28.8 Å². The second-order valence-electron chi connectivity index (χ2n) is 6.35. The number of likely N-dealkylation sites (tertiary alicyclic amines) is 1. The molecule has 1 aromatic rings. The molecule has 146 valence electrons. The molecule has 1 saturated heterocycles. The predicted octanol–water partition coefficient (Wildman–Crippen LogP) is 1.57. The van der Waals surface area contributed by atoms with E-state index in [4.69, 9.17) is 5.73 Å². The number of hydrogen-bond donors (Lipinski definition) is 1. The van der Waals surface area contributed by atoms with Gasteiger partial charge in [0.2, 0.25) is 10.0 Å². The molecule has 1 fully saturated rings. The van der Waals surface area contributed by atoms with Crippen molar-refractivity contribution < 1.29 is 26.4 Å². The highest BCUT2D eigenvalue weighted by Gasteiger charge is 2.39. The maximum Gasteiger partial charge on any atom is 0.402 e. The summed E-state index contributed by atoms with van der Waals surface area (Å²) in [5, 5.41) is 0. The second kappa shape index (κ2) is 7.93. The molecule has 0 unspecified atom stereocenters. The van der Waals surface area contributed by atoms with Crippen molar-refractivity contribution in [2.75, 3.05) is 25.9 Å². The standard InChI is InChI=1S/C16H22F3N3O3S/c1-26(24,25)22(11-16(17,18)19)14-6-8-21(9-7-14)15(23)13-4-2-12(10-20)3-5-13/h2-5,14H,6-11,20H2,1H3. The summed E-state index contributed by atoms with van der Waals surface area (Å²) in [6.07, 6.45) is -3.51. The summed E-state index contributed by atoms with van der Waals surface area (Å²) >= 11 is 0. The van der Waals surface area contributed by atoms with Gasteiger partial charge in [-0.2, -0.15) is 17.5 Å². The van der Waals surface area contributed by atoms with Crippen molar-refractivity contribution in [3.8, 4) is 0 Å². The lowest BCUT2D eigenvalue weighted by Crippen LogP contribution is -2.51. The molecule has 0 aliphatic carbocycles. The number of rotatable bonds is 5. The first-order chi connectivity index (χ1) is 12.0. The lowest BCUT2D eigenvalue weighted by Gasteiger charge is -2.37. The smallest absolute Gasteiger partial charge is 0.339 e. The van der Waals surface area contributed by atoms with Crippen molar-refractivity contribution >= 4 is 15.9 Å². The monoisotopic (exact) mass is 393 g/mol. The van der Waals surface area contributed by atoms with Gasteiger partial charge in [0.15, 0.2) is 0 Å². The van der Waals surface area contributed by atoms with Crippen LogP contribution in [0.15, 0.2) is 24.3 Å². The average molecular weight is 393 g/mol. The van der Waals surface area contributed by atoms with Crippen LogP contribution in [-0.4, -0.2) is 61.6 Å². The van der Waals surface area contributed by atoms with Gasteiger partial charge in [0.25, 0.3) is 5.91 Å². The Morgan fingerprint density at radius 1 is 1.23 bits per heavy atom. The van der Waals surface area contributed by atoms with Crippen LogP contribution < -0.4 is 5.73 Å². The predicted molar refractivity (Wildman–Crippen MR) is 90.9 cm³/mol. The molecule has 0 bridgehead atoms. The quantitative estimate of drug-likeness (QED) is 0.823. The van der Waals surface area contributed by atoms with Crippen LogP contribution in [0, 0.1) is 0 Å². The van der Waals surface area contributed by atoms with E-state index in [1.807, 2.05) is 0 Å². The minimum absolute atomic E-state index is 0.162. The van der Waals surface area contributed by atoms with Gasteiger partial charge in [-0.15, -0.1) is 0 Å². The van der Waals surface area contributed by atoms with Crippen LogP contribution in [0.2, 0.25) is 0 Å². The van der Waals surface area contributed by atoms with Crippen molar-refractivity contribution in [2.24, 2.45) is 5.73 Å². The lowest BCUT2D eigenvalue weighted by atomic mass is 10.0. The third-order valence-corrected chi connectivity index (χ3v) is 5.64. The van der Waals surface area contributed by atoms with Gasteiger partial charge < -0.3 is 10.6 Å². The van der Waals surface area contributed by atoms with Crippen molar-refractivity contribution in [1.29, 1.82) is 0 Å². The van der Waals surface area contributed by atoms with Gasteiger partial charge >= 0.3 is 6.18 Å². The third-order valence-electron chi connectivity index (χ3n) is 4.36. The summed E-state index contributed by atoms with van der Waals surface area (Å²) in [6, 6.07) is 6.03. The number of benzene rings is 1. The Bertz CT molecular complexity index is 727. The summed E-state index contributed by atoms with van der Waals surface area (Å²) in [5.74, 6) is -0.228. The summed E-state index contributed by atoms with van der Waals surface area (Å²) < 4.78 is 62.1. The Kier molecular flexibility index (Phi) is 6.30. The van der Waals surface area contributed by atoms with Crippen LogP contribution in [0.5, 0.6) is 0 Å². The summed E-state index contributed by atoms with van der Waals surface area (Å²) in [5.41, 5.74) is 6.87. The molecule has 1 aliphatic rings. The number of amides is 1. The average Bonchev–Trinajstić information content (AvgIpc) is 2.58. The highest BCUT2D eigenvalue weighted by Crippen LogP contribution is 2.25. The maximum atomic E-state index is 12.7. The molecule has 6 nitrogen and oxygen atoms in total. The number of carbonyl (C=O) groups excluding carboxylic acids is 1. The zero-order valence-electron chi connectivity index (χ0n) is 14.4. The summed E-state index contributed by atoms with van der Waals surface area (Å²) in [4.78, 5) is 14.0. The highest BCUT2D eigenvalue weighted by atomic mass is 32.2.